The monoisotopic (exact) mass is 327 g/mol. The number of nitrogens with zero attached hydrogens (tertiary/aromatic N) is 2. The molecule has 0 aromatic heterocycles. The van der Waals surface area contributed by atoms with Gasteiger partial charge in [-0.2, -0.15) is 0 Å². The van der Waals surface area contributed by atoms with Crippen molar-refractivity contribution in [3.05, 3.63) is 41.6 Å². The summed E-state index contributed by atoms with van der Waals surface area (Å²) in [5.74, 6) is -0.0346. The van der Waals surface area contributed by atoms with Gasteiger partial charge in [0.15, 0.2) is 0 Å². The van der Waals surface area contributed by atoms with Crippen molar-refractivity contribution in [3.8, 4) is 0 Å². The third-order valence-corrected chi connectivity index (χ3v) is 4.84. The van der Waals surface area contributed by atoms with Gasteiger partial charge in [-0.25, -0.2) is 0 Å². The molecule has 3 rings (SSSR count). The zero-order valence-electron chi connectivity index (χ0n) is 14.4. The van der Waals surface area contributed by atoms with Gasteiger partial charge in [-0.1, -0.05) is 24.3 Å². The summed E-state index contributed by atoms with van der Waals surface area (Å²) in [7, 11) is 2.08. The molecule has 2 atom stereocenters. The van der Waals surface area contributed by atoms with Crippen LogP contribution in [0.1, 0.15) is 43.4 Å². The number of carbonyl (C=O) groups excluding carboxylic acids is 2. The second-order valence-electron chi connectivity index (χ2n) is 6.76. The van der Waals surface area contributed by atoms with Crippen molar-refractivity contribution in [2.45, 2.75) is 38.3 Å². The standard InChI is InChI=1S/C19H25N3O2/c1-14(23)22-11-9-15-6-3-4-8-17(15)18(22)12-19(24)20-16-7-5-10-21(2)13-16/h3-4,6,8-9,11,16,18H,5,7,10,12-13H2,1-2H3,(H,20,24)/t16-,18+/m0/s1. The minimum Gasteiger partial charge on any atom is -0.352 e. The summed E-state index contributed by atoms with van der Waals surface area (Å²) in [4.78, 5) is 28.4. The number of carbonyl (C=O) groups is 2. The molecule has 1 saturated heterocycles. The van der Waals surface area contributed by atoms with Crippen LogP contribution in [-0.2, 0) is 9.59 Å². The summed E-state index contributed by atoms with van der Waals surface area (Å²) in [6, 6.07) is 7.92. The molecule has 5 nitrogen and oxygen atoms in total. The first-order chi connectivity index (χ1) is 11.5. The number of fused-ring (bicyclic) bond motifs is 1. The van der Waals surface area contributed by atoms with Crippen LogP contribution in [0.2, 0.25) is 0 Å². The van der Waals surface area contributed by atoms with E-state index in [-0.39, 0.29) is 23.9 Å². The van der Waals surface area contributed by atoms with Crippen LogP contribution in [0.25, 0.3) is 6.08 Å². The molecule has 1 aromatic rings. The largest absolute Gasteiger partial charge is 0.352 e. The van der Waals surface area contributed by atoms with E-state index in [4.69, 9.17) is 0 Å². The fraction of sp³-hybridized carbons (Fsp3) is 0.474. The van der Waals surface area contributed by atoms with Crippen LogP contribution in [0.4, 0.5) is 0 Å². The molecule has 0 spiro atoms. The fourth-order valence-corrected chi connectivity index (χ4v) is 3.66. The van der Waals surface area contributed by atoms with Crippen LogP contribution in [0, 0.1) is 0 Å². The first-order valence-corrected chi connectivity index (χ1v) is 8.58. The Hall–Kier alpha value is -2.14. The number of hydrogen-bond donors (Lipinski definition) is 1. The lowest BCUT2D eigenvalue weighted by atomic mass is 9.93. The minimum atomic E-state index is -0.231. The van der Waals surface area contributed by atoms with Gasteiger partial charge in [-0.15, -0.1) is 0 Å². The van der Waals surface area contributed by atoms with E-state index in [1.54, 1.807) is 18.0 Å². The number of rotatable bonds is 3. The molecular formula is C19H25N3O2. The van der Waals surface area contributed by atoms with E-state index in [2.05, 4.69) is 17.3 Å². The fourth-order valence-electron chi connectivity index (χ4n) is 3.66. The number of benzene rings is 1. The second-order valence-corrected chi connectivity index (χ2v) is 6.76. The lowest BCUT2D eigenvalue weighted by Gasteiger charge is -2.34. The smallest absolute Gasteiger partial charge is 0.223 e. The van der Waals surface area contributed by atoms with E-state index in [0.29, 0.717) is 6.42 Å². The molecule has 1 aromatic carbocycles. The topological polar surface area (TPSA) is 52.7 Å². The summed E-state index contributed by atoms with van der Waals surface area (Å²) < 4.78 is 0. The predicted molar refractivity (Wildman–Crippen MR) is 94.0 cm³/mol. The van der Waals surface area contributed by atoms with Crippen molar-refractivity contribution in [1.29, 1.82) is 0 Å². The highest BCUT2D eigenvalue weighted by molar-refractivity contribution is 5.82. The molecule has 5 heteroatoms. The number of hydrogen-bond acceptors (Lipinski definition) is 3. The normalized spacial score (nSPS) is 23.7. The van der Waals surface area contributed by atoms with Gasteiger partial charge in [0.2, 0.25) is 11.8 Å². The zero-order chi connectivity index (χ0) is 17.1. The van der Waals surface area contributed by atoms with Gasteiger partial charge >= 0.3 is 0 Å². The molecule has 128 valence electrons. The van der Waals surface area contributed by atoms with Crippen molar-refractivity contribution in [1.82, 2.24) is 15.1 Å². The Morgan fingerprint density at radius 2 is 2.08 bits per heavy atom. The van der Waals surface area contributed by atoms with Gasteiger partial charge in [0.05, 0.1) is 12.5 Å². The Morgan fingerprint density at radius 1 is 1.29 bits per heavy atom. The number of likely N-dealkylation sites (N-methyl/N-ethyl adjacent to an activating group) is 1. The van der Waals surface area contributed by atoms with E-state index >= 15 is 0 Å². The SMILES string of the molecule is CC(=O)N1C=Cc2ccccc2[C@H]1CC(=O)N[C@H]1CCCN(C)C1. The highest BCUT2D eigenvalue weighted by Crippen LogP contribution is 2.32. The van der Waals surface area contributed by atoms with E-state index in [0.717, 1.165) is 37.1 Å². The molecule has 2 heterocycles. The van der Waals surface area contributed by atoms with Gasteiger partial charge in [0.1, 0.15) is 0 Å². The Kier molecular flexibility index (Phi) is 5.00. The average Bonchev–Trinajstić information content (AvgIpc) is 2.54. The highest BCUT2D eigenvalue weighted by Gasteiger charge is 2.29. The number of nitrogens with one attached hydrogen (secondary N) is 1. The Bertz CT molecular complexity index is 656. The summed E-state index contributed by atoms with van der Waals surface area (Å²) in [6.45, 7) is 3.52. The summed E-state index contributed by atoms with van der Waals surface area (Å²) in [6.07, 6.45) is 6.14. The molecule has 1 N–H and O–H groups in total. The van der Waals surface area contributed by atoms with Crippen LogP contribution >= 0.6 is 0 Å². The molecule has 24 heavy (non-hydrogen) atoms. The molecule has 2 aliphatic heterocycles. The van der Waals surface area contributed by atoms with Crippen molar-refractivity contribution in [3.63, 3.8) is 0 Å². The number of piperidine rings is 1. The molecule has 2 amide bonds. The van der Waals surface area contributed by atoms with Crippen molar-refractivity contribution in [2.24, 2.45) is 0 Å². The van der Waals surface area contributed by atoms with E-state index < -0.39 is 0 Å². The third kappa shape index (κ3) is 3.67. The highest BCUT2D eigenvalue weighted by atomic mass is 16.2. The van der Waals surface area contributed by atoms with Gasteiger partial charge in [-0.3, -0.25) is 9.59 Å². The zero-order valence-corrected chi connectivity index (χ0v) is 14.4. The third-order valence-electron chi connectivity index (χ3n) is 4.84. The average molecular weight is 327 g/mol. The van der Waals surface area contributed by atoms with Crippen molar-refractivity contribution >= 4 is 17.9 Å². The molecule has 0 saturated carbocycles. The molecule has 1 fully saturated rings. The van der Waals surface area contributed by atoms with E-state index in [1.165, 1.54) is 0 Å². The molecule has 0 bridgehead atoms. The lowest BCUT2D eigenvalue weighted by molar-refractivity contribution is -0.130. The Labute approximate surface area is 143 Å². The maximum atomic E-state index is 12.6. The van der Waals surface area contributed by atoms with Crippen molar-refractivity contribution < 1.29 is 9.59 Å². The number of likely N-dealkylation sites (tertiary alicyclic amines) is 1. The van der Waals surface area contributed by atoms with E-state index in [1.807, 2.05) is 30.3 Å². The van der Waals surface area contributed by atoms with Crippen LogP contribution in [-0.4, -0.2) is 47.8 Å². The Balaban J connectivity index is 1.72. The second kappa shape index (κ2) is 7.18. The summed E-state index contributed by atoms with van der Waals surface area (Å²) >= 11 is 0. The van der Waals surface area contributed by atoms with Gasteiger partial charge in [-0.05, 0) is 43.6 Å². The van der Waals surface area contributed by atoms with Gasteiger partial charge < -0.3 is 15.1 Å². The first kappa shape index (κ1) is 16.7. The predicted octanol–water partition coefficient (Wildman–Crippen LogP) is 2.16. The first-order valence-electron chi connectivity index (χ1n) is 8.58. The molecular weight excluding hydrogens is 302 g/mol. The maximum Gasteiger partial charge on any atom is 0.223 e. The van der Waals surface area contributed by atoms with Crippen LogP contribution in [0.3, 0.4) is 0 Å². The Morgan fingerprint density at radius 3 is 2.83 bits per heavy atom. The summed E-state index contributed by atoms with van der Waals surface area (Å²) in [5, 5.41) is 3.14. The van der Waals surface area contributed by atoms with Crippen LogP contribution in [0.15, 0.2) is 30.5 Å². The van der Waals surface area contributed by atoms with Crippen LogP contribution < -0.4 is 5.32 Å². The summed E-state index contributed by atoms with van der Waals surface area (Å²) in [5.41, 5.74) is 2.11. The molecule has 2 aliphatic rings. The number of amides is 2. The molecule has 0 aliphatic carbocycles. The van der Waals surface area contributed by atoms with Crippen molar-refractivity contribution in [2.75, 3.05) is 20.1 Å². The van der Waals surface area contributed by atoms with E-state index in [9.17, 15) is 9.59 Å². The lowest BCUT2D eigenvalue weighted by Crippen LogP contribution is -2.47. The van der Waals surface area contributed by atoms with Crippen LogP contribution in [0.5, 0.6) is 0 Å². The maximum absolute atomic E-state index is 12.6. The minimum absolute atomic E-state index is 0.0108. The van der Waals surface area contributed by atoms with Gasteiger partial charge in [0, 0.05) is 25.7 Å². The molecule has 0 unspecified atom stereocenters. The molecule has 0 radical (unpaired) electrons. The van der Waals surface area contributed by atoms with Gasteiger partial charge in [0.25, 0.3) is 0 Å². The quantitative estimate of drug-likeness (QED) is 0.926.